The fraction of sp³-hybridized carbons (Fsp3) is 0.0476. The number of benzene rings is 10. The molecule has 1 heterocycles. The minimum atomic E-state index is -0.522. The quantitative estimate of drug-likeness (QED) is 0.159. The largest absolute Gasteiger partial charge is 0.455 e. The first-order chi connectivity index (χ1) is 32.2. The summed E-state index contributed by atoms with van der Waals surface area (Å²) in [6, 6.07) is 84.8. The average Bonchev–Trinajstić information content (AvgIpc) is 3.91. The zero-order valence-corrected chi connectivity index (χ0v) is 35.8. The molecule has 0 amide bonds. The fourth-order valence-corrected chi connectivity index (χ4v) is 11.2. The van der Waals surface area contributed by atoms with Gasteiger partial charge in [-0.2, -0.15) is 0 Å². The Balaban J connectivity index is 1.03. The van der Waals surface area contributed by atoms with Crippen LogP contribution < -0.4 is 15.3 Å². The molecule has 0 bridgehead atoms. The predicted molar refractivity (Wildman–Crippen MR) is 271 cm³/mol. The summed E-state index contributed by atoms with van der Waals surface area (Å²) in [7, 11) is 0. The van der Waals surface area contributed by atoms with Crippen LogP contribution in [0.1, 0.15) is 40.7 Å². The van der Waals surface area contributed by atoms with Gasteiger partial charge in [0.2, 0.25) is 0 Å². The molecule has 0 saturated carbocycles. The van der Waals surface area contributed by atoms with Crippen LogP contribution in [0.5, 0.6) is 0 Å². The van der Waals surface area contributed by atoms with E-state index in [2.05, 4.69) is 241 Å². The number of fused-ring (bicyclic) bond motifs is 9. The predicted octanol–water partition coefficient (Wildman–Crippen LogP) is 15.0. The van der Waals surface area contributed by atoms with E-state index < -0.39 is 5.41 Å². The van der Waals surface area contributed by atoms with Crippen LogP contribution in [-0.4, -0.2) is 0 Å². The lowest BCUT2D eigenvalue weighted by Gasteiger charge is -2.35. The van der Waals surface area contributed by atoms with Crippen molar-refractivity contribution in [1.82, 2.24) is 0 Å². The molecular weight excluding hydrogens is 787 g/mol. The Kier molecular flexibility index (Phi) is 8.60. The number of rotatable bonds is 7. The highest BCUT2D eigenvalue weighted by molar-refractivity contribution is 6.19. The first-order valence-electron chi connectivity index (χ1n) is 22.7. The van der Waals surface area contributed by atoms with Gasteiger partial charge in [-0.05, 0) is 133 Å². The van der Waals surface area contributed by atoms with Gasteiger partial charge in [0.1, 0.15) is 11.2 Å². The number of hydrogen-bond acceptors (Lipinski definition) is 2. The third-order valence-electron chi connectivity index (χ3n) is 14.0. The average molecular weight is 830 g/mol. The van der Waals surface area contributed by atoms with Crippen molar-refractivity contribution in [2.75, 3.05) is 4.90 Å². The van der Waals surface area contributed by atoms with E-state index in [4.69, 9.17) is 4.42 Å². The van der Waals surface area contributed by atoms with Gasteiger partial charge in [-0.1, -0.05) is 188 Å². The summed E-state index contributed by atoms with van der Waals surface area (Å²) in [6.45, 7) is 0. The van der Waals surface area contributed by atoms with E-state index >= 15 is 0 Å². The topological polar surface area (TPSA) is 16.4 Å². The highest BCUT2D eigenvalue weighted by Gasteiger charge is 2.46. The zero-order valence-electron chi connectivity index (χ0n) is 35.8. The van der Waals surface area contributed by atoms with Crippen molar-refractivity contribution in [1.29, 1.82) is 0 Å². The molecule has 10 aromatic carbocycles. The smallest absolute Gasteiger partial charge is 0.143 e. The van der Waals surface area contributed by atoms with E-state index in [1.807, 2.05) is 0 Å². The van der Waals surface area contributed by atoms with E-state index in [1.165, 1.54) is 60.3 Å². The van der Waals surface area contributed by atoms with E-state index in [1.54, 1.807) is 0 Å². The van der Waals surface area contributed by atoms with Crippen molar-refractivity contribution in [2.24, 2.45) is 0 Å². The molecule has 65 heavy (non-hydrogen) atoms. The molecule has 2 nitrogen and oxygen atoms in total. The maximum atomic E-state index is 6.67. The summed E-state index contributed by atoms with van der Waals surface area (Å²) in [5.41, 5.74) is 17.1. The van der Waals surface area contributed by atoms with Gasteiger partial charge in [-0.3, -0.25) is 0 Å². The monoisotopic (exact) mass is 829 g/mol. The Morgan fingerprint density at radius 2 is 1.11 bits per heavy atom. The van der Waals surface area contributed by atoms with Gasteiger partial charge in [-0.15, -0.1) is 0 Å². The number of anilines is 3. The van der Waals surface area contributed by atoms with Gasteiger partial charge in [0.25, 0.3) is 0 Å². The molecule has 0 unspecified atom stereocenters. The second-order valence-electron chi connectivity index (χ2n) is 17.4. The lowest BCUT2D eigenvalue weighted by molar-refractivity contribution is 0.673. The molecule has 0 spiro atoms. The number of hydrogen-bond donors (Lipinski definition) is 0. The van der Waals surface area contributed by atoms with Gasteiger partial charge in [-0.25, -0.2) is 0 Å². The molecule has 2 heteroatoms. The molecule has 13 rings (SSSR count). The third kappa shape index (κ3) is 5.81. The van der Waals surface area contributed by atoms with Gasteiger partial charge in [0.15, 0.2) is 0 Å². The Labute approximate surface area is 378 Å². The van der Waals surface area contributed by atoms with Crippen LogP contribution in [0.15, 0.2) is 235 Å². The van der Waals surface area contributed by atoms with Crippen molar-refractivity contribution < 1.29 is 4.42 Å². The van der Waals surface area contributed by atoms with Crippen molar-refractivity contribution in [3.63, 3.8) is 0 Å². The Morgan fingerprint density at radius 3 is 1.95 bits per heavy atom. The van der Waals surface area contributed by atoms with Crippen LogP contribution in [-0.2, 0) is 5.41 Å². The van der Waals surface area contributed by atoms with Gasteiger partial charge in [0.05, 0.1) is 5.41 Å². The summed E-state index contributed by atoms with van der Waals surface area (Å²) in [5.74, 6) is 0. The molecule has 0 fully saturated rings. The van der Waals surface area contributed by atoms with Gasteiger partial charge in [0, 0.05) is 33.2 Å². The van der Waals surface area contributed by atoms with Crippen LogP contribution in [0.2, 0.25) is 0 Å². The summed E-state index contributed by atoms with van der Waals surface area (Å²) in [4.78, 5) is 2.45. The lowest BCUT2D eigenvalue weighted by atomic mass is 9.67. The molecule has 0 radical (unpaired) electrons. The van der Waals surface area contributed by atoms with E-state index in [0.29, 0.717) is 0 Å². The molecule has 1 aromatic heterocycles. The lowest BCUT2D eigenvalue weighted by Crippen LogP contribution is -2.29. The molecule has 0 N–H and O–H groups in total. The van der Waals surface area contributed by atoms with Crippen LogP contribution in [0.4, 0.5) is 17.1 Å². The second kappa shape index (κ2) is 15.0. The van der Waals surface area contributed by atoms with Crippen molar-refractivity contribution in [3.8, 4) is 22.3 Å². The van der Waals surface area contributed by atoms with Crippen molar-refractivity contribution in [3.05, 3.63) is 269 Å². The summed E-state index contributed by atoms with van der Waals surface area (Å²) < 4.78 is 6.67. The van der Waals surface area contributed by atoms with Crippen LogP contribution >= 0.6 is 0 Å². The molecule has 11 aromatic rings. The molecule has 2 aliphatic carbocycles. The van der Waals surface area contributed by atoms with Crippen LogP contribution in [0.3, 0.4) is 0 Å². The minimum absolute atomic E-state index is 0.522. The molecule has 306 valence electrons. The van der Waals surface area contributed by atoms with E-state index in [0.717, 1.165) is 68.4 Å². The summed E-state index contributed by atoms with van der Waals surface area (Å²) in [5, 5.41) is 7.22. The van der Waals surface area contributed by atoms with Crippen LogP contribution in [0, 0.1) is 0 Å². The Hall–Kier alpha value is -8.20. The molecule has 0 aliphatic heterocycles. The Bertz CT molecular complexity index is 3730. The highest BCUT2D eigenvalue weighted by Crippen LogP contribution is 2.57. The normalized spacial score (nSPS) is 13.6. The fourth-order valence-electron chi connectivity index (χ4n) is 11.2. The second-order valence-corrected chi connectivity index (χ2v) is 17.4. The first-order valence-corrected chi connectivity index (χ1v) is 22.7. The Morgan fingerprint density at radius 1 is 0.431 bits per heavy atom. The molecule has 0 atom stereocenters. The maximum Gasteiger partial charge on any atom is 0.143 e. The summed E-state index contributed by atoms with van der Waals surface area (Å²) >= 11 is 0. The SMILES string of the molecule is C1=c2ccccc2=C(c2ccc(N(c3cccc(-c4cccc5oc6c7ccccc7ccc6c45)c3)c3ccc4c(c3)C(c3ccccc3)(c3ccccc3)c3ccccc3-4)cc2)CC1. The van der Waals surface area contributed by atoms with E-state index in [-0.39, 0.29) is 0 Å². The molecule has 2 aliphatic rings. The van der Waals surface area contributed by atoms with Crippen LogP contribution in [0.25, 0.3) is 66.6 Å². The van der Waals surface area contributed by atoms with Crippen molar-refractivity contribution in [2.45, 2.75) is 18.3 Å². The van der Waals surface area contributed by atoms with Gasteiger partial charge < -0.3 is 9.32 Å². The number of furan rings is 1. The van der Waals surface area contributed by atoms with Crippen molar-refractivity contribution >= 4 is 61.4 Å². The highest BCUT2D eigenvalue weighted by atomic mass is 16.3. The summed E-state index contributed by atoms with van der Waals surface area (Å²) in [6.07, 6.45) is 4.44. The van der Waals surface area contributed by atoms with E-state index in [9.17, 15) is 0 Å². The minimum Gasteiger partial charge on any atom is -0.455 e. The zero-order chi connectivity index (χ0) is 42.9. The third-order valence-corrected chi connectivity index (χ3v) is 14.0. The standard InChI is InChI=1S/C63H43NO/c1-3-20-46(21-4-1)63(47-22-5-2-6-23-47)58-30-12-11-27-55(58)56-39-37-50(41-59(56)63)64(48-35-32-44(33-36-48)52-28-14-18-42-16-7-9-25-51(42)52)49-24-13-19-45(40-49)53-29-15-31-60-61(53)57-38-34-43-17-8-10-26-54(43)62(57)65-60/h1-13,15-27,29-41H,14,28H2. The maximum absolute atomic E-state index is 6.67. The molecular formula is C63H43NO. The first kappa shape index (κ1) is 37.4. The van der Waals surface area contributed by atoms with Gasteiger partial charge >= 0.3 is 0 Å². The molecule has 0 saturated heterocycles. The number of nitrogens with zero attached hydrogens (tertiary/aromatic N) is 1.